The van der Waals surface area contributed by atoms with Crippen LogP contribution in [0.15, 0.2) is 17.1 Å². The summed E-state index contributed by atoms with van der Waals surface area (Å²) in [7, 11) is 0. The van der Waals surface area contributed by atoms with Crippen molar-refractivity contribution in [2.75, 3.05) is 18.8 Å². The van der Waals surface area contributed by atoms with Crippen molar-refractivity contribution in [3.63, 3.8) is 0 Å². The number of hydrogen-bond acceptors (Lipinski definition) is 5. The molecule has 0 spiro atoms. The van der Waals surface area contributed by atoms with E-state index in [-0.39, 0.29) is 11.6 Å². The maximum absolute atomic E-state index is 12.1. The predicted molar refractivity (Wildman–Crippen MR) is 96.8 cm³/mol. The van der Waals surface area contributed by atoms with Crippen molar-refractivity contribution in [3.05, 3.63) is 12.2 Å². The lowest BCUT2D eigenvalue weighted by atomic mass is 9.84. The molecule has 1 atom stereocenters. The second-order valence-corrected chi connectivity index (χ2v) is 8.14. The summed E-state index contributed by atoms with van der Waals surface area (Å²) in [5.41, 5.74) is 0.779. The minimum Gasteiger partial charge on any atom is -0.444 e. The zero-order valence-electron chi connectivity index (χ0n) is 14.2. The molecule has 1 fully saturated rings. The fraction of sp³-hybridized carbons (Fsp3) is 0.706. The van der Waals surface area contributed by atoms with Gasteiger partial charge in [-0.2, -0.15) is 0 Å². The van der Waals surface area contributed by atoms with Crippen LogP contribution in [0.2, 0.25) is 0 Å². The van der Waals surface area contributed by atoms with Crippen LogP contribution < -0.4 is 0 Å². The summed E-state index contributed by atoms with van der Waals surface area (Å²) in [5, 5.41) is 7.22. The Morgan fingerprint density at radius 1 is 1.48 bits per heavy atom. The second-order valence-electron chi connectivity index (χ2n) is 7.28. The Bertz CT molecular complexity index is 477. The Labute approximate surface area is 143 Å². The van der Waals surface area contributed by atoms with Gasteiger partial charge in [0.25, 0.3) is 0 Å². The zero-order valence-corrected chi connectivity index (χ0v) is 15.1. The number of piperidine rings is 1. The van der Waals surface area contributed by atoms with E-state index in [9.17, 15) is 4.79 Å². The molecule has 1 unspecified atom stereocenters. The van der Waals surface area contributed by atoms with E-state index in [2.05, 4.69) is 11.1 Å². The predicted octanol–water partition coefficient (Wildman–Crippen LogP) is 3.74. The highest BCUT2D eigenvalue weighted by molar-refractivity contribution is 8.12. The van der Waals surface area contributed by atoms with Gasteiger partial charge >= 0.3 is 6.09 Å². The van der Waals surface area contributed by atoms with Gasteiger partial charge in [0.15, 0.2) is 0 Å². The van der Waals surface area contributed by atoms with Crippen molar-refractivity contribution in [2.45, 2.75) is 51.2 Å². The van der Waals surface area contributed by atoms with Gasteiger partial charge in [-0.3, -0.25) is 4.99 Å². The Morgan fingerprint density at radius 2 is 2.17 bits per heavy atom. The molecular weight excluding hydrogens is 310 g/mol. The van der Waals surface area contributed by atoms with Crippen LogP contribution in [0.1, 0.15) is 40.0 Å². The third-order valence-corrected chi connectivity index (χ3v) is 4.98. The smallest absolute Gasteiger partial charge is 0.410 e. The number of nitrogens with zero attached hydrogens (tertiary/aromatic N) is 2. The van der Waals surface area contributed by atoms with E-state index >= 15 is 0 Å². The summed E-state index contributed by atoms with van der Waals surface area (Å²) in [6.07, 6.45) is 8.77. The number of allylic oxidation sites excluding steroid dienone is 1. The number of carbonyl (C=O) groups is 1. The number of nitrogens with one attached hydrogen (secondary N) is 1. The van der Waals surface area contributed by atoms with Crippen LogP contribution in [0.25, 0.3) is 0 Å². The summed E-state index contributed by atoms with van der Waals surface area (Å²) >= 11 is 1.50. The van der Waals surface area contributed by atoms with Crippen LogP contribution in [-0.2, 0) is 4.74 Å². The van der Waals surface area contributed by atoms with Crippen LogP contribution in [-0.4, -0.2) is 52.7 Å². The minimum atomic E-state index is -0.439. The maximum Gasteiger partial charge on any atom is 0.410 e. The number of rotatable bonds is 5. The van der Waals surface area contributed by atoms with Crippen LogP contribution in [0.4, 0.5) is 4.79 Å². The van der Waals surface area contributed by atoms with Crippen molar-refractivity contribution < 1.29 is 9.53 Å². The fourth-order valence-corrected chi connectivity index (χ4v) is 3.71. The van der Waals surface area contributed by atoms with Gasteiger partial charge in [0.2, 0.25) is 0 Å². The molecule has 6 heteroatoms. The summed E-state index contributed by atoms with van der Waals surface area (Å²) in [5.74, 6) is 1.37. The van der Waals surface area contributed by atoms with Crippen molar-refractivity contribution >= 4 is 29.6 Å². The number of amides is 1. The average molecular weight is 337 g/mol. The number of thioether (sulfide) groups is 1. The Balaban J connectivity index is 1.84. The first-order chi connectivity index (χ1) is 10.8. The van der Waals surface area contributed by atoms with Gasteiger partial charge in [-0.25, -0.2) is 4.79 Å². The fourth-order valence-electron chi connectivity index (χ4n) is 3.05. The van der Waals surface area contributed by atoms with E-state index in [0.29, 0.717) is 5.92 Å². The van der Waals surface area contributed by atoms with Crippen molar-refractivity contribution in [3.8, 4) is 0 Å². The first-order valence-corrected chi connectivity index (χ1v) is 9.20. The molecule has 0 aromatic heterocycles. The number of likely N-dealkylation sites (tertiary alicyclic amines) is 1. The highest BCUT2D eigenvalue weighted by atomic mass is 32.2. The van der Waals surface area contributed by atoms with Crippen molar-refractivity contribution in [2.24, 2.45) is 10.9 Å². The highest BCUT2D eigenvalue weighted by Gasteiger charge is 2.34. The SMILES string of the molecule is CC(C)(C)OC(=O)N1CCC(CC2(CSC=N)C=CC=N2)CC1. The summed E-state index contributed by atoms with van der Waals surface area (Å²) in [4.78, 5) is 18.6. The van der Waals surface area contributed by atoms with E-state index < -0.39 is 5.60 Å². The molecule has 23 heavy (non-hydrogen) atoms. The molecule has 0 radical (unpaired) electrons. The molecular formula is C17H27N3O2S. The molecule has 2 rings (SSSR count). The summed E-state index contributed by atoms with van der Waals surface area (Å²) in [6, 6.07) is 0. The van der Waals surface area contributed by atoms with Gasteiger partial charge in [-0.15, -0.1) is 11.8 Å². The van der Waals surface area contributed by atoms with Gasteiger partial charge in [-0.1, -0.05) is 6.08 Å². The van der Waals surface area contributed by atoms with E-state index in [1.54, 1.807) is 0 Å². The van der Waals surface area contributed by atoms with Crippen LogP contribution in [0.5, 0.6) is 0 Å². The molecule has 0 bridgehead atoms. The molecule has 2 aliphatic heterocycles. The van der Waals surface area contributed by atoms with Gasteiger partial charge < -0.3 is 15.0 Å². The lowest BCUT2D eigenvalue weighted by Crippen LogP contribution is -2.43. The first kappa shape index (κ1) is 18.0. The maximum atomic E-state index is 12.1. The number of carbonyl (C=O) groups excluding carboxylic acids is 1. The van der Waals surface area contributed by atoms with Gasteiger partial charge in [-0.05, 0) is 52.0 Å². The lowest BCUT2D eigenvalue weighted by Gasteiger charge is -2.36. The van der Waals surface area contributed by atoms with Crippen LogP contribution >= 0.6 is 11.8 Å². The topological polar surface area (TPSA) is 65.8 Å². The molecule has 2 aliphatic rings. The lowest BCUT2D eigenvalue weighted by molar-refractivity contribution is 0.0177. The molecule has 0 aliphatic carbocycles. The zero-order chi connectivity index (χ0) is 16.9. The molecule has 0 aromatic rings. The molecule has 1 N–H and O–H groups in total. The molecule has 128 valence electrons. The van der Waals surface area contributed by atoms with Gasteiger partial charge in [0.05, 0.1) is 11.1 Å². The van der Waals surface area contributed by atoms with Crippen molar-refractivity contribution in [1.82, 2.24) is 4.90 Å². The Morgan fingerprint density at radius 3 is 2.70 bits per heavy atom. The third kappa shape index (κ3) is 5.37. The Hall–Kier alpha value is -1.30. The number of hydrogen-bond donors (Lipinski definition) is 1. The quantitative estimate of drug-likeness (QED) is 0.614. The number of aliphatic imine (C=N–C) groups is 1. The standard InChI is InChI=1S/C17H27N3O2S/c1-16(2,3)22-15(21)20-9-5-14(6-10-20)11-17(12-23-13-18)7-4-8-19-17/h4,7-8,13-14,18H,5-6,9-12H2,1-3H3. The van der Waals surface area contributed by atoms with Crippen LogP contribution in [0, 0.1) is 11.3 Å². The third-order valence-electron chi connectivity index (χ3n) is 4.15. The second kappa shape index (κ2) is 7.51. The van der Waals surface area contributed by atoms with E-state index in [1.165, 1.54) is 17.3 Å². The molecule has 5 nitrogen and oxygen atoms in total. The largest absolute Gasteiger partial charge is 0.444 e. The number of ether oxygens (including phenoxy) is 1. The average Bonchev–Trinajstić information content (AvgIpc) is 2.93. The van der Waals surface area contributed by atoms with Crippen LogP contribution in [0.3, 0.4) is 0 Å². The molecule has 0 aromatic carbocycles. The van der Waals surface area contributed by atoms with E-state index in [4.69, 9.17) is 10.1 Å². The summed E-state index contributed by atoms with van der Waals surface area (Å²) < 4.78 is 5.44. The summed E-state index contributed by atoms with van der Waals surface area (Å²) in [6.45, 7) is 7.19. The highest BCUT2D eigenvalue weighted by Crippen LogP contribution is 2.34. The van der Waals surface area contributed by atoms with E-state index in [1.807, 2.05) is 38.0 Å². The molecule has 2 heterocycles. The normalized spacial score (nSPS) is 24.9. The van der Waals surface area contributed by atoms with Gasteiger partial charge in [0, 0.05) is 25.1 Å². The molecule has 0 saturated carbocycles. The first-order valence-electron chi connectivity index (χ1n) is 8.15. The van der Waals surface area contributed by atoms with Gasteiger partial charge in [0.1, 0.15) is 5.60 Å². The Kier molecular flexibility index (Phi) is 5.89. The molecule has 1 saturated heterocycles. The van der Waals surface area contributed by atoms with Crippen molar-refractivity contribution in [1.29, 1.82) is 5.41 Å². The minimum absolute atomic E-state index is 0.166. The monoisotopic (exact) mass is 337 g/mol. The molecule has 1 amide bonds. The van der Waals surface area contributed by atoms with E-state index in [0.717, 1.165) is 38.1 Å².